The second-order valence-electron chi connectivity index (χ2n) is 3.54. The van der Waals surface area contributed by atoms with Crippen LogP contribution in [0.15, 0.2) is 46.9 Å². The van der Waals surface area contributed by atoms with Crippen LogP contribution in [0.1, 0.15) is 5.76 Å². The first-order valence-electron chi connectivity index (χ1n) is 5.07. The summed E-state index contributed by atoms with van der Waals surface area (Å²) in [5.74, 6) is -1.34. The number of rotatable bonds is 4. The Morgan fingerprint density at radius 2 is 1.76 bits per heavy atom. The zero-order chi connectivity index (χ0) is 12.3. The van der Waals surface area contributed by atoms with E-state index < -0.39 is 11.8 Å². The Kier molecular flexibility index (Phi) is 3.05. The van der Waals surface area contributed by atoms with Gasteiger partial charge < -0.3 is 9.52 Å². The molecule has 4 nitrogen and oxygen atoms in total. The minimum Gasteiger partial charge on any atom is -0.475 e. The number of carboxylic acids is 1. The van der Waals surface area contributed by atoms with Gasteiger partial charge in [0, 0.05) is 5.56 Å². The summed E-state index contributed by atoms with van der Waals surface area (Å²) in [5.41, 5.74) is 0.890. The maximum atomic E-state index is 11.0. The summed E-state index contributed by atoms with van der Waals surface area (Å²) >= 11 is 0. The van der Waals surface area contributed by atoms with Gasteiger partial charge in [-0.25, -0.2) is 4.79 Å². The second kappa shape index (κ2) is 4.65. The molecule has 0 saturated heterocycles. The average molecular weight is 230 g/mol. The molecule has 17 heavy (non-hydrogen) atoms. The minimum absolute atomic E-state index is 0.220. The van der Waals surface area contributed by atoms with E-state index in [0.29, 0.717) is 11.5 Å². The smallest absolute Gasteiger partial charge is 0.372 e. The van der Waals surface area contributed by atoms with Gasteiger partial charge in [-0.3, -0.25) is 4.79 Å². The number of carboxylic acid groups (broad SMARTS) is 1. The SMILES string of the molecule is O=C(O)C(=O)Cc1ccc(-c2ccccc2)o1. The van der Waals surface area contributed by atoms with Gasteiger partial charge in [-0.2, -0.15) is 0 Å². The number of ketones is 1. The van der Waals surface area contributed by atoms with E-state index >= 15 is 0 Å². The van der Waals surface area contributed by atoms with E-state index in [4.69, 9.17) is 9.52 Å². The van der Waals surface area contributed by atoms with Crippen molar-refractivity contribution in [2.45, 2.75) is 6.42 Å². The lowest BCUT2D eigenvalue weighted by molar-refractivity contribution is -0.148. The third-order valence-electron chi connectivity index (χ3n) is 2.29. The molecule has 86 valence electrons. The van der Waals surface area contributed by atoms with Gasteiger partial charge in [0.25, 0.3) is 0 Å². The molecule has 1 aromatic heterocycles. The number of carbonyl (C=O) groups is 2. The fourth-order valence-electron chi connectivity index (χ4n) is 1.46. The highest BCUT2D eigenvalue weighted by Crippen LogP contribution is 2.21. The monoisotopic (exact) mass is 230 g/mol. The Bertz CT molecular complexity index is 540. The summed E-state index contributed by atoms with van der Waals surface area (Å²) < 4.78 is 5.41. The Morgan fingerprint density at radius 3 is 2.41 bits per heavy atom. The lowest BCUT2D eigenvalue weighted by atomic mass is 10.2. The fourth-order valence-corrected chi connectivity index (χ4v) is 1.46. The van der Waals surface area contributed by atoms with E-state index in [2.05, 4.69) is 0 Å². The maximum Gasteiger partial charge on any atom is 0.372 e. The van der Waals surface area contributed by atoms with Crippen molar-refractivity contribution in [3.63, 3.8) is 0 Å². The van der Waals surface area contributed by atoms with Crippen LogP contribution in [0.2, 0.25) is 0 Å². The van der Waals surface area contributed by atoms with E-state index in [-0.39, 0.29) is 6.42 Å². The van der Waals surface area contributed by atoms with E-state index in [1.54, 1.807) is 12.1 Å². The van der Waals surface area contributed by atoms with Gasteiger partial charge in [0.1, 0.15) is 11.5 Å². The highest BCUT2D eigenvalue weighted by molar-refractivity contribution is 6.33. The molecule has 1 aromatic carbocycles. The van der Waals surface area contributed by atoms with Crippen molar-refractivity contribution in [1.82, 2.24) is 0 Å². The van der Waals surface area contributed by atoms with Crippen LogP contribution in [0.5, 0.6) is 0 Å². The van der Waals surface area contributed by atoms with Gasteiger partial charge in [0.05, 0.1) is 6.42 Å². The van der Waals surface area contributed by atoms with Gasteiger partial charge in [-0.05, 0) is 12.1 Å². The van der Waals surface area contributed by atoms with E-state index in [9.17, 15) is 9.59 Å². The second-order valence-corrected chi connectivity index (χ2v) is 3.54. The first-order chi connectivity index (χ1) is 8.16. The number of hydrogen-bond donors (Lipinski definition) is 1. The average Bonchev–Trinajstić information content (AvgIpc) is 2.78. The largest absolute Gasteiger partial charge is 0.475 e. The highest BCUT2D eigenvalue weighted by atomic mass is 16.4. The van der Waals surface area contributed by atoms with Crippen molar-refractivity contribution in [3.8, 4) is 11.3 Å². The number of Topliss-reactive ketones (excluding diaryl/α,β-unsaturated/α-hetero) is 1. The maximum absolute atomic E-state index is 11.0. The van der Waals surface area contributed by atoms with Crippen molar-refractivity contribution in [3.05, 3.63) is 48.2 Å². The van der Waals surface area contributed by atoms with Crippen LogP contribution in [-0.4, -0.2) is 16.9 Å². The molecule has 0 fully saturated rings. The molecule has 1 heterocycles. The van der Waals surface area contributed by atoms with Gasteiger partial charge >= 0.3 is 5.97 Å². The number of hydrogen-bond acceptors (Lipinski definition) is 3. The zero-order valence-corrected chi connectivity index (χ0v) is 8.92. The van der Waals surface area contributed by atoms with Gasteiger partial charge in [-0.15, -0.1) is 0 Å². The van der Waals surface area contributed by atoms with Crippen LogP contribution in [-0.2, 0) is 16.0 Å². The van der Waals surface area contributed by atoms with Crippen molar-refractivity contribution in [2.75, 3.05) is 0 Å². The van der Waals surface area contributed by atoms with Crippen LogP contribution in [0.25, 0.3) is 11.3 Å². The number of aliphatic carboxylic acids is 1. The molecule has 0 atom stereocenters. The third kappa shape index (κ3) is 2.60. The summed E-state index contributed by atoms with van der Waals surface area (Å²) in [5, 5.41) is 8.48. The van der Waals surface area contributed by atoms with Crippen molar-refractivity contribution in [2.24, 2.45) is 0 Å². The molecule has 0 saturated carbocycles. The van der Waals surface area contributed by atoms with Gasteiger partial charge in [0.15, 0.2) is 0 Å². The number of carbonyl (C=O) groups excluding carboxylic acids is 1. The molecular formula is C13H10O4. The van der Waals surface area contributed by atoms with Crippen molar-refractivity contribution in [1.29, 1.82) is 0 Å². The number of furan rings is 1. The molecule has 0 radical (unpaired) electrons. The molecule has 0 unspecified atom stereocenters. The molecule has 2 rings (SSSR count). The van der Waals surface area contributed by atoms with Crippen LogP contribution >= 0.6 is 0 Å². The van der Waals surface area contributed by atoms with Crippen LogP contribution in [0.3, 0.4) is 0 Å². The van der Waals surface area contributed by atoms with E-state index in [0.717, 1.165) is 5.56 Å². The van der Waals surface area contributed by atoms with Gasteiger partial charge in [-0.1, -0.05) is 30.3 Å². The Labute approximate surface area is 97.5 Å². The first-order valence-corrected chi connectivity index (χ1v) is 5.07. The molecular weight excluding hydrogens is 220 g/mol. The first kappa shape index (κ1) is 11.1. The lowest BCUT2D eigenvalue weighted by Gasteiger charge is -1.95. The molecule has 0 amide bonds. The predicted molar refractivity (Wildman–Crippen MR) is 60.5 cm³/mol. The zero-order valence-electron chi connectivity index (χ0n) is 8.92. The molecule has 0 aliphatic rings. The predicted octanol–water partition coefficient (Wildman–Crippen LogP) is 2.14. The summed E-state index contributed by atoms with van der Waals surface area (Å²) in [6.45, 7) is 0. The molecule has 0 aliphatic heterocycles. The van der Waals surface area contributed by atoms with Crippen LogP contribution in [0.4, 0.5) is 0 Å². The standard InChI is InChI=1S/C13H10O4/c14-11(13(15)16)8-10-6-7-12(17-10)9-4-2-1-3-5-9/h1-7H,8H2,(H,15,16). The molecule has 2 aromatic rings. The molecule has 1 N–H and O–H groups in total. The van der Waals surface area contributed by atoms with E-state index in [1.807, 2.05) is 30.3 Å². The summed E-state index contributed by atoms with van der Waals surface area (Å²) in [4.78, 5) is 21.4. The quantitative estimate of drug-likeness (QED) is 0.817. The molecule has 0 spiro atoms. The molecule has 0 bridgehead atoms. The summed E-state index contributed by atoms with van der Waals surface area (Å²) in [6.07, 6.45) is -0.220. The molecule has 4 heteroatoms. The minimum atomic E-state index is -1.44. The third-order valence-corrected chi connectivity index (χ3v) is 2.29. The van der Waals surface area contributed by atoms with E-state index in [1.165, 1.54) is 0 Å². The van der Waals surface area contributed by atoms with Gasteiger partial charge in [0.2, 0.25) is 5.78 Å². The van der Waals surface area contributed by atoms with Crippen LogP contribution < -0.4 is 0 Å². The van der Waals surface area contributed by atoms with Crippen molar-refractivity contribution < 1.29 is 19.1 Å². The summed E-state index contributed by atoms with van der Waals surface area (Å²) in [6, 6.07) is 12.7. The Balaban J connectivity index is 2.17. The fraction of sp³-hybridized carbons (Fsp3) is 0.0769. The molecule has 0 aliphatic carbocycles. The normalized spacial score (nSPS) is 10.1. The summed E-state index contributed by atoms with van der Waals surface area (Å²) in [7, 11) is 0. The number of benzene rings is 1. The lowest BCUT2D eigenvalue weighted by Crippen LogP contribution is -2.14. The topological polar surface area (TPSA) is 67.5 Å². The Morgan fingerprint density at radius 1 is 1.06 bits per heavy atom. The van der Waals surface area contributed by atoms with Crippen molar-refractivity contribution >= 4 is 11.8 Å². The van der Waals surface area contributed by atoms with Crippen LogP contribution in [0, 0.1) is 0 Å². The highest BCUT2D eigenvalue weighted by Gasteiger charge is 2.14. The Hall–Kier alpha value is -2.36.